The van der Waals surface area contributed by atoms with Gasteiger partial charge in [0.1, 0.15) is 32.5 Å². The van der Waals surface area contributed by atoms with Crippen LogP contribution in [0.15, 0.2) is 115 Å². The molecule has 6 aromatic carbocycles. The minimum Gasteiger partial charge on any atom is -0.505 e. The largest absolute Gasteiger partial charge is 0.505 e. The lowest BCUT2D eigenvalue weighted by Crippen LogP contribution is -1.99. The summed E-state index contributed by atoms with van der Waals surface area (Å²) in [4.78, 5) is -1.77. The van der Waals surface area contributed by atoms with Crippen LogP contribution in [0.25, 0.3) is 21.5 Å². The van der Waals surface area contributed by atoms with Crippen LogP contribution in [0, 0.1) is 0 Å². The molecule has 19 heteroatoms. The topological polar surface area (TPSA) is 292 Å². The van der Waals surface area contributed by atoms with Gasteiger partial charge < -0.3 is 36.0 Å². The predicted molar refractivity (Wildman–Crippen MR) is 182 cm³/mol. The average molecular weight is 734 g/mol. The van der Waals surface area contributed by atoms with Crippen LogP contribution in [0.5, 0.6) is 34.5 Å². The Labute approximate surface area is 286 Å². The van der Waals surface area contributed by atoms with Crippen LogP contribution in [-0.4, -0.2) is 56.6 Å². The van der Waals surface area contributed by atoms with Gasteiger partial charge in [0.15, 0.2) is 34.5 Å². The second-order valence-corrected chi connectivity index (χ2v) is 13.6. The Morgan fingerprint density at radius 2 is 1.08 bits per heavy atom. The molecule has 0 aliphatic carbocycles. The fourth-order valence-corrected chi connectivity index (χ4v) is 6.14. The number of phenols is 6. The molecule has 9 N–H and O–H groups in total. The van der Waals surface area contributed by atoms with Crippen LogP contribution >= 0.6 is 0 Å². The minimum absolute atomic E-state index is 0.00689. The lowest BCUT2D eigenvalue weighted by molar-refractivity contribution is 0.402. The van der Waals surface area contributed by atoms with E-state index in [9.17, 15) is 56.6 Å². The van der Waals surface area contributed by atoms with Crippen molar-refractivity contribution in [3.63, 3.8) is 0 Å². The maximum atomic E-state index is 12.3. The van der Waals surface area contributed by atoms with E-state index in [4.69, 9.17) is 0 Å². The van der Waals surface area contributed by atoms with Crippen molar-refractivity contribution in [3.05, 3.63) is 84.9 Å². The molecule has 0 fully saturated rings. The molecular weight excluding hydrogens is 711 g/mol. The SMILES string of the molecule is O=S(=O)(O)c1cc(O)c(O)c(N=Nc2c(S(=O)(=O)O)cc3cc(Nc4ccc5c(O)c(N=Nc6cccc(O)c6O)ccc5c4)ccc3c2O)c1. The van der Waals surface area contributed by atoms with Gasteiger partial charge in [0.05, 0.1) is 0 Å². The number of para-hydroxylation sites is 1. The van der Waals surface area contributed by atoms with Gasteiger partial charge in [-0.25, -0.2) is 0 Å². The second kappa shape index (κ2) is 12.7. The highest BCUT2D eigenvalue weighted by atomic mass is 32.2. The number of phenolic OH excluding ortho intramolecular Hbond substituents is 6. The van der Waals surface area contributed by atoms with Crippen LogP contribution in [-0.2, 0) is 20.2 Å². The highest BCUT2D eigenvalue weighted by Gasteiger charge is 2.23. The first kappa shape index (κ1) is 34.3. The molecule has 0 amide bonds. The van der Waals surface area contributed by atoms with Crippen molar-refractivity contribution >= 4 is 75.9 Å². The molecule has 0 aliphatic heterocycles. The molecule has 0 atom stereocenters. The predicted octanol–water partition coefficient (Wildman–Crippen LogP) is 7.29. The first-order valence-electron chi connectivity index (χ1n) is 14.2. The Balaban J connectivity index is 1.32. The van der Waals surface area contributed by atoms with Crippen LogP contribution < -0.4 is 5.32 Å². The zero-order valence-corrected chi connectivity index (χ0v) is 27.0. The van der Waals surface area contributed by atoms with Gasteiger partial charge in [0.2, 0.25) is 0 Å². The molecule has 0 radical (unpaired) electrons. The fourth-order valence-electron chi connectivity index (χ4n) is 4.97. The monoisotopic (exact) mass is 733 g/mol. The Morgan fingerprint density at radius 1 is 0.490 bits per heavy atom. The van der Waals surface area contributed by atoms with Gasteiger partial charge in [0.25, 0.3) is 20.2 Å². The molecule has 0 bridgehead atoms. The van der Waals surface area contributed by atoms with E-state index in [1.54, 1.807) is 24.3 Å². The van der Waals surface area contributed by atoms with E-state index in [0.29, 0.717) is 34.3 Å². The van der Waals surface area contributed by atoms with Crippen molar-refractivity contribution in [2.24, 2.45) is 20.5 Å². The molecule has 17 nitrogen and oxygen atoms in total. The van der Waals surface area contributed by atoms with E-state index in [-0.39, 0.29) is 33.6 Å². The van der Waals surface area contributed by atoms with Gasteiger partial charge in [0, 0.05) is 28.2 Å². The van der Waals surface area contributed by atoms with Gasteiger partial charge >= 0.3 is 0 Å². The number of nitrogens with zero attached hydrogens (tertiary/aromatic N) is 4. The maximum Gasteiger partial charge on any atom is 0.296 e. The van der Waals surface area contributed by atoms with E-state index in [1.165, 1.54) is 42.5 Å². The molecule has 0 spiro atoms. The number of hydrogen-bond acceptors (Lipinski definition) is 15. The zero-order valence-electron chi connectivity index (χ0n) is 25.4. The van der Waals surface area contributed by atoms with Crippen molar-refractivity contribution in [3.8, 4) is 34.5 Å². The van der Waals surface area contributed by atoms with Gasteiger partial charge in [-0.05, 0) is 77.5 Å². The van der Waals surface area contributed by atoms with Crippen molar-refractivity contribution in [2.45, 2.75) is 9.79 Å². The lowest BCUT2D eigenvalue weighted by Gasteiger charge is -2.12. The summed E-state index contributed by atoms with van der Waals surface area (Å²) in [6.45, 7) is 0. The number of anilines is 2. The summed E-state index contributed by atoms with van der Waals surface area (Å²) in [6, 6.07) is 18.8. The highest BCUT2D eigenvalue weighted by molar-refractivity contribution is 7.86. The highest BCUT2D eigenvalue weighted by Crippen LogP contribution is 2.45. The third kappa shape index (κ3) is 6.85. The number of azo groups is 2. The van der Waals surface area contributed by atoms with Crippen molar-refractivity contribution in [1.82, 2.24) is 0 Å². The van der Waals surface area contributed by atoms with Crippen LogP contribution in [0.2, 0.25) is 0 Å². The van der Waals surface area contributed by atoms with Crippen LogP contribution in [0.3, 0.4) is 0 Å². The summed E-state index contributed by atoms with van der Waals surface area (Å²) in [5, 5.41) is 80.6. The molecule has 0 aliphatic rings. The molecule has 51 heavy (non-hydrogen) atoms. The van der Waals surface area contributed by atoms with Crippen molar-refractivity contribution in [2.75, 3.05) is 5.32 Å². The lowest BCUT2D eigenvalue weighted by atomic mass is 10.1. The number of benzene rings is 6. The normalized spacial score (nSPS) is 12.4. The number of hydrogen-bond donors (Lipinski definition) is 9. The summed E-state index contributed by atoms with van der Waals surface area (Å²) in [5.41, 5.74) is -0.488. The first-order chi connectivity index (χ1) is 24.0. The molecule has 0 saturated heterocycles. The molecule has 0 saturated carbocycles. The second-order valence-electron chi connectivity index (χ2n) is 10.8. The molecule has 0 unspecified atom stereocenters. The van der Waals surface area contributed by atoms with Crippen LogP contribution in [0.1, 0.15) is 0 Å². The average Bonchev–Trinajstić information content (AvgIpc) is 3.06. The minimum atomic E-state index is -5.07. The van der Waals surface area contributed by atoms with Crippen molar-refractivity contribution < 1.29 is 56.6 Å². The summed E-state index contributed by atoms with van der Waals surface area (Å²) in [6.07, 6.45) is 0. The Bertz CT molecular complexity index is 2700. The molecule has 6 aromatic rings. The number of rotatable bonds is 8. The zero-order chi connectivity index (χ0) is 36.8. The van der Waals surface area contributed by atoms with Crippen molar-refractivity contribution in [1.29, 1.82) is 0 Å². The first-order valence-corrected chi connectivity index (χ1v) is 17.1. The Kier molecular flexibility index (Phi) is 8.57. The fraction of sp³-hybridized carbons (Fsp3) is 0. The van der Waals surface area contributed by atoms with E-state index in [0.717, 1.165) is 6.07 Å². The third-order valence-corrected chi connectivity index (χ3v) is 9.14. The van der Waals surface area contributed by atoms with E-state index in [2.05, 4.69) is 25.8 Å². The van der Waals surface area contributed by atoms with E-state index >= 15 is 0 Å². The summed E-state index contributed by atoms with van der Waals surface area (Å²) < 4.78 is 66.9. The number of nitrogens with one attached hydrogen (secondary N) is 1. The third-order valence-electron chi connectivity index (χ3n) is 7.45. The molecule has 260 valence electrons. The van der Waals surface area contributed by atoms with Gasteiger partial charge in [-0.3, -0.25) is 9.11 Å². The smallest absolute Gasteiger partial charge is 0.296 e. The molecule has 0 aromatic heterocycles. The molecular formula is C32H23N5O12S2. The molecule has 6 rings (SSSR count). The van der Waals surface area contributed by atoms with E-state index < -0.39 is 64.4 Å². The Morgan fingerprint density at radius 3 is 1.73 bits per heavy atom. The van der Waals surface area contributed by atoms with Gasteiger partial charge in [-0.15, -0.1) is 20.5 Å². The summed E-state index contributed by atoms with van der Waals surface area (Å²) >= 11 is 0. The Hall–Kier alpha value is -6.54. The molecule has 0 heterocycles. The quantitative estimate of drug-likeness (QED) is 0.0422. The maximum absolute atomic E-state index is 12.3. The standard InChI is InChI=1S/C32H23N5O12S2/c38-25-3-1-2-22(31(25)42)34-35-23-9-4-15-10-17(5-7-20(15)29(23)40)33-18-6-8-21-16(11-18)12-27(51(47,48)49)28(30(21)41)37-36-24-13-19(50(44,45)46)14-26(39)32(24)43/h1-14,33,38-43H,(H,44,45,46)(H,47,48,49). The number of fused-ring (bicyclic) bond motifs is 2. The number of aromatic hydroxyl groups is 6. The van der Waals surface area contributed by atoms with Gasteiger partial charge in [-0.1, -0.05) is 12.1 Å². The summed E-state index contributed by atoms with van der Waals surface area (Å²) in [7, 11) is -9.94. The van der Waals surface area contributed by atoms with Crippen LogP contribution in [0.4, 0.5) is 34.1 Å². The summed E-state index contributed by atoms with van der Waals surface area (Å²) in [5.74, 6) is -3.79. The van der Waals surface area contributed by atoms with Gasteiger partial charge in [-0.2, -0.15) is 16.8 Å². The van der Waals surface area contributed by atoms with E-state index in [1.807, 2.05) is 0 Å².